The van der Waals surface area contributed by atoms with Gasteiger partial charge in [0, 0.05) is 103 Å². The molecule has 0 N–H and O–H groups in total. The monoisotopic (exact) mass is 2270 g/mol. The van der Waals surface area contributed by atoms with E-state index in [-0.39, 0.29) is 60.3 Å². The van der Waals surface area contributed by atoms with Crippen LogP contribution in [0.5, 0.6) is 0 Å². The summed E-state index contributed by atoms with van der Waals surface area (Å²) in [5.41, 5.74) is 31.8. The Labute approximate surface area is 816 Å². The molecule has 6 heterocycles. The summed E-state index contributed by atoms with van der Waals surface area (Å²) in [5, 5.41) is 4.52. The summed E-state index contributed by atoms with van der Waals surface area (Å²) in [7, 11) is -3.95. The fourth-order valence-corrected chi connectivity index (χ4v) is 18.4. The third-order valence-corrected chi connectivity index (χ3v) is 28.0. The van der Waals surface area contributed by atoms with Crippen molar-refractivity contribution in [1.29, 1.82) is 0 Å². The molecule has 18 aromatic rings. The second-order valence-electron chi connectivity index (χ2n) is 35.1. The molecule has 0 bridgehead atoms. The van der Waals surface area contributed by atoms with Crippen molar-refractivity contribution in [2.45, 2.75) is 100.0 Å². The van der Waals surface area contributed by atoms with Gasteiger partial charge in [-0.2, -0.15) is 0 Å². The molecule has 130 heavy (non-hydrogen) atoms. The summed E-state index contributed by atoms with van der Waals surface area (Å²) in [5.74, 6) is 0.619. The van der Waals surface area contributed by atoms with Crippen molar-refractivity contribution >= 4 is 39.8 Å². The molecule has 12 heteroatoms. The number of hydrogen-bond donors (Lipinski definition) is 0. The fourth-order valence-electron chi connectivity index (χ4n) is 14.7. The molecule has 3 radical (unpaired) electrons. The first-order valence-electron chi connectivity index (χ1n) is 43.6. The molecule has 0 aliphatic heterocycles. The van der Waals surface area contributed by atoms with E-state index in [0.29, 0.717) is 5.92 Å². The largest absolute Gasteiger partial charge is 0.305 e. The van der Waals surface area contributed by atoms with Crippen LogP contribution in [0.25, 0.3) is 134 Å². The van der Waals surface area contributed by atoms with Gasteiger partial charge in [-0.15, -0.1) is 214 Å². The molecule has 18 rings (SSSR count). The predicted molar refractivity (Wildman–Crippen MR) is 545 cm³/mol. The van der Waals surface area contributed by atoms with Gasteiger partial charge < -0.3 is 29.9 Å². The van der Waals surface area contributed by atoms with E-state index in [9.17, 15) is 0 Å². The zero-order valence-corrected chi connectivity index (χ0v) is 86.7. The van der Waals surface area contributed by atoms with Crippen molar-refractivity contribution in [3.63, 3.8) is 0 Å². The van der Waals surface area contributed by atoms with Crippen molar-refractivity contribution in [1.82, 2.24) is 29.9 Å². The third kappa shape index (κ3) is 28.6. The molecule has 0 amide bonds. The first-order chi connectivity index (χ1) is 61.4. The molecular formula is C118H110Ir3N6Si3-6. The maximum Gasteiger partial charge on any atom is 0.0776 e. The standard InChI is InChI=1S/C30H32NSi.C28H28NSi.C27H26NSi.3C11H8N.3Ir/c1-22(2)18-27-20-28(32(3,4)5)15-16-29(27)26-14-17-30(31-21-26)25-13-9-12-24(19-25)23-10-7-6-8-11-23;1-20-16-25(30(3,4)5)14-15-26(20)27-19-29-28(17-21(27)2)24-13-9-12-23(18-24)22-10-7-6-8-11-22;1-20-17-25(29(2,3)4)14-15-26(20)24-13-16-27(28-19-24)23-12-8-11-22(18-23)21-9-6-5-7-10-21;3*1-2-6-10(7-3-1)11-8-4-5-9-12-11;;;/h6-12,14-17,19-22H,18H2,1-5H3;6-12,14-19H,1-5H3;5-11,13-19H,1-4H3;3*1-6,8-9H;;;/q6*-1;;;. The molecule has 0 saturated carbocycles. The Hall–Kier alpha value is -11.9. The van der Waals surface area contributed by atoms with Crippen LogP contribution in [-0.2, 0) is 66.7 Å². The van der Waals surface area contributed by atoms with Gasteiger partial charge in [-0.05, 0) is 152 Å². The van der Waals surface area contributed by atoms with Gasteiger partial charge in [-0.3, -0.25) is 0 Å². The summed E-state index contributed by atoms with van der Waals surface area (Å²) in [6.07, 6.45) is 12.5. The molecule has 0 atom stereocenters. The number of hydrogen-bond acceptors (Lipinski definition) is 6. The molecular weight excluding hydrogens is 2160 g/mol. The maximum atomic E-state index is 4.83. The zero-order valence-electron chi connectivity index (χ0n) is 76.5. The van der Waals surface area contributed by atoms with Gasteiger partial charge in [0.05, 0.1) is 24.2 Å². The van der Waals surface area contributed by atoms with Crippen LogP contribution in [0, 0.1) is 63.1 Å². The van der Waals surface area contributed by atoms with Crippen molar-refractivity contribution in [3.8, 4) is 134 Å². The van der Waals surface area contributed by atoms with E-state index >= 15 is 0 Å². The number of pyridine rings is 6. The Morgan fingerprint density at radius 2 is 0.546 bits per heavy atom. The molecule has 0 unspecified atom stereocenters. The quantitative estimate of drug-likeness (QED) is 0.0668. The zero-order chi connectivity index (χ0) is 89.1. The predicted octanol–water partition coefficient (Wildman–Crippen LogP) is 29.0. The number of nitrogens with zero attached hydrogens (tertiary/aromatic N) is 6. The summed E-state index contributed by atoms with van der Waals surface area (Å²) in [6, 6.07) is 142. The molecule has 0 aliphatic carbocycles. The van der Waals surface area contributed by atoms with E-state index in [2.05, 4.69) is 339 Å². The summed E-state index contributed by atoms with van der Waals surface area (Å²) in [4.78, 5) is 27.0. The molecule has 0 spiro atoms. The second-order valence-corrected chi connectivity index (χ2v) is 50.3. The minimum Gasteiger partial charge on any atom is -0.305 e. The van der Waals surface area contributed by atoms with E-state index in [1.165, 1.54) is 99.0 Å². The van der Waals surface area contributed by atoms with E-state index < -0.39 is 24.2 Å². The van der Waals surface area contributed by atoms with Crippen LogP contribution in [0.15, 0.2) is 395 Å². The van der Waals surface area contributed by atoms with Gasteiger partial charge in [0.15, 0.2) is 0 Å². The van der Waals surface area contributed by atoms with E-state index in [1.807, 2.05) is 182 Å². The Bertz CT molecular complexity index is 6200. The smallest absolute Gasteiger partial charge is 0.0776 e. The molecule has 6 aromatic heterocycles. The van der Waals surface area contributed by atoms with E-state index in [4.69, 9.17) is 15.0 Å². The van der Waals surface area contributed by atoms with Crippen LogP contribution in [0.2, 0.25) is 58.9 Å². The number of rotatable bonds is 17. The molecule has 0 aliphatic rings. The second kappa shape index (κ2) is 48.7. The van der Waals surface area contributed by atoms with Gasteiger partial charge in [-0.25, -0.2) is 0 Å². The molecule has 657 valence electrons. The van der Waals surface area contributed by atoms with Gasteiger partial charge in [-0.1, -0.05) is 301 Å². The maximum absolute atomic E-state index is 4.83. The SMILES string of the molecule is CC(C)Cc1cc([Si](C)(C)C)ccc1-c1ccc(-c2[c-]ccc(-c3ccccc3)c2)nc1.Cc1cc([Si](C)(C)C)ccc1-c1ccc(-c2[c-]ccc(-c3ccccc3)c2)nc1.Cc1cc([Si](C)(C)C)ccc1-c1cnc(-c2[c-]ccc(-c3ccccc3)c2)cc1C.[Ir].[Ir].[Ir].[c-]1ccccc1-c1ccccn1.[c-]1ccccc1-c1ccccn1.[c-]1ccccc1-c1ccccn1. The van der Waals surface area contributed by atoms with Crippen molar-refractivity contribution < 1.29 is 60.3 Å². The molecule has 6 nitrogen and oxygen atoms in total. The van der Waals surface area contributed by atoms with Crippen LogP contribution < -0.4 is 15.6 Å². The normalized spacial score (nSPS) is 10.8. The van der Waals surface area contributed by atoms with Crippen LogP contribution in [0.1, 0.15) is 36.1 Å². The van der Waals surface area contributed by atoms with Crippen molar-refractivity contribution in [3.05, 3.63) is 454 Å². The topological polar surface area (TPSA) is 77.3 Å². The van der Waals surface area contributed by atoms with Crippen LogP contribution in [-0.4, -0.2) is 54.1 Å². The minimum atomic E-state index is -1.35. The average Bonchev–Trinajstić information content (AvgIpc) is 0.795. The number of aryl methyl sites for hydroxylation is 3. The fraction of sp³-hybridized carbons (Fsp3) is 0.136. The first kappa shape index (κ1) is 100. The Morgan fingerprint density at radius 3 is 0.869 bits per heavy atom. The van der Waals surface area contributed by atoms with Gasteiger partial charge in [0.2, 0.25) is 0 Å². The van der Waals surface area contributed by atoms with Crippen LogP contribution >= 0.6 is 0 Å². The van der Waals surface area contributed by atoms with Crippen LogP contribution in [0.3, 0.4) is 0 Å². The minimum absolute atomic E-state index is 0. The molecule has 0 fully saturated rings. The van der Waals surface area contributed by atoms with Crippen molar-refractivity contribution in [2.75, 3.05) is 0 Å². The van der Waals surface area contributed by atoms with E-state index in [1.54, 1.807) is 18.6 Å². The number of benzene rings is 12. The Balaban J connectivity index is 0.000000169. The summed E-state index contributed by atoms with van der Waals surface area (Å²) < 4.78 is 0. The summed E-state index contributed by atoms with van der Waals surface area (Å²) in [6.45, 7) is 32.8. The third-order valence-electron chi connectivity index (χ3n) is 21.8. The van der Waals surface area contributed by atoms with Gasteiger partial charge in [0.25, 0.3) is 0 Å². The Morgan fingerprint density at radius 1 is 0.231 bits per heavy atom. The van der Waals surface area contributed by atoms with Crippen molar-refractivity contribution in [2.24, 2.45) is 5.92 Å². The van der Waals surface area contributed by atoms with Gasteiger partial charge >= 0.3 is 0 Å². The molecule has 0 saturated heterocycles. The van der Waals surface area contributed by atoms with Gasteiger partial charge in [0.1, 0.15) is 0 Å². The number of aromatic nitrogens is 6. The first-order valence-corrected chi connectivity index (χ1v) is 54.1. The molecule has 12 aromatic carbocycles. The summed E-state index contributed by atoms with van der Waals surface area (Å²) >= 11 is 0. The Kier molecular flexibility index (Phi) is 37.6. The van der Waals surface area contributed by atoms with Crippen LogP contribution in [0.4, 0.5) is 0 Å². The average molecular weight is 2270 g/mol. The van der Waals surface area contributed by atoms with E-state index in [0.717, 1.165) is 79.5 Å².